The Morgan fingerprint density at radius 2 is 1.77 bits per heavy atom. The lowest BCUT2D eigenvalue weighted by Crippen LogP contribution is -2.06. The summed E-state index contributed by atoms with van der Waals surface area (Å²) >= 11 is 0. The lowest BCUT2D eigenvalue weighted by atomic mass is 10.1. The fourth-order valence-electron chi connectivity index (χ4n) is 3.07. The molecule has 0 saturated carbocycles. The zero-order chi connectivity index (χ0) is 21.1. The van der Waals surface area contributed by atoms with Crippen molar-refractivity contribution in [2.24, 2.45) is 0 Å². The van der Waals surface area contributed by atoms with Crippen LogP contribution in [-0.2, 0) is 0 Å². The van der Waals surface area contributed by atoms with Crippen molar-refractivity contribution in [2.45, 2.75) is 6.92 Å². The highest BCUT2D eigenvalue weighted by Gasteiger charge is 2.24. The van der Waals surface area contributed by atoms with Crippen LogP contribution >= 0.6 is 0 Å². The Morgan fingerprint density at radius 3 is 2.53 bits per heavy atom. The van der Waals surface area contributed by atoms with Gasteiger partial charge in [0.1, 0.15) is 12.1 Å². The Labute approximate surface area is 171 Å². The fourth-order valence-corrected chi connectivity index (χ4v) is 3.07. The van der Waals surface area contributed by atoms with Gasteiger partial charge in [-0.3, -0.25) is 15.1 Å². The maximum atomic E-state index is 11.9. The van der Waals surface area contributed by atoms with Crippen LogP contribution in [0.2, 0.25) is 0 Å². The summed E-state index contributed by atoms with van der Waals surface area (Å²) in [4.78, 5) is 24.0. The molecule has 9 heteroatoms. The van der Waals surface area contributed by atoms with Crippen LogP contribution in [0.4, 0.5) is 28.7 Å². The van der Waals surface area contributed by atoms with E-state index in [2.05, 4.69) is 25.6 Å². The van der Waals surface area contributed by atoms with Crippen LogP contribution in [0.3, 0.4) is 0 Å². The summed E-state index contributed by atoms with van der Waals surface area (Å²) in [7, 11) is 1.55. The molecule has 2 N–H and O–H groups in total. The molecular weight excluding hydrogens is 384 g/mol. The minimum Gasteiger partial charge on any atom is -0.497 e. The molecule has 0 amide bonds. The number of ether oxygens (including phenoxy) is 1. The first-order chi connectivity index (χ1) is 14.5. The number of aryl methyl sites for hydroxylation is 1. The molecular formula is C21H18N6O3. The lowest BCUT2D eigenvalue weighted by molar-refractivity contribution is -0.383. The van der Waals surface area contributed by atoms with E-state index < -0.39 is 4.92 Å². The lowest BCUT2D eigenvalue weighted by Gasteiger charge is -2.12. The third-order valence-electron chi connectivity index (χ3n) is 4.46. The number of hydrogen-bond acceptors (Lipinski definition) is 8. The van der Waals surface area contributed by atoms with E-state index >= 15 is 0 Å². The van der Waals surface area contributed by atoms with Gasteiger partial charge < -0.3 is 15.4 Å². The largest absolute Gasteiger partial charge is 0.497 e. The van der Waals surface area contributed by atoms with E-state index in [9.17, 15) is 10.1 Å². The second-order valence-corrected chi connectivity index (χ2v) is 6.48. The van der Waals surface area contributed by atoms with Gasteiger partial charge in [0.05, 0.1) is 17.5 Å². The molecule has 0 bridgehead atoms. The summed E-state index contributed by atoms with van der Waals surface area (Å²) in [5, 5.41) is 18.7. The average Bonchev–Trinajstić information content (AvgIpc) is 2.74. The maximum absolute atomic E-state index is 11.9. The van der Waals surface area contributed by atoms with Crippen molar-refractivity contribution >= 4 is 39.6 Å². The number of rotatable bonds is 6. The predicted octanol–water partition coefficient (Wildman–Crippen LogP) is 4.74. The summed E-state index contributed by atoms with van der Waals surface area (Å²) < 4.78 is 5.20. The molecule has 0 spiro atoms. The number of fused-ring (bicyclic) bond motifs is 1. The van der Waals surface area contributed by atoms with Crippen LogP contribution < -0.4 is 15.4 Å². The molecule has 0 unspecified atom stereocenters. The summed E-state index contributed by atoms with van der Waals surface area (Å²) in [6.45, 7) is 1.91. The Bertz CT molecular complexity index is 1240. The smallest absolute Gasteiger partial charge is 0.353 e. The van der Waals surface area contributed by atoms with Crippen molar-refractivity contribution in [1.29, 1.82) is 0 Å². The topological polar surface area (TPSA) is 115 Å². The van der Waals surface area contributed by atoms with E-state index in [1.807, 2.05) is 37.3 Å². The number of methoxy groups -OCH3 is 1. The number of nitrogens with one attached hydrogen (secondary N) is 2. The number of nitrogens with zero attached hydrogens (tertiary/aromatic N) is 4. The van der Waals surface area contributed by atoms with Crippen LogP contribution in [0.25, 0.3) is 10.9 Å². The van der Waals surface area contributed by atoms with Crippen molar-refractivity contribution in [3.8, 4) is 5.75 Å². The molecule has 150 valence electrons. The summed E-state index contributed by atoms with van der Waals surface area (Å²) in [6, 6.07) is 16.4. The van der Waals surface area contributed by atoms with Crippen molar-refractivity contribution in [3.63, 3.8) is 0 Å². The first-order valence-electron chi connectivity index (χ1n) is 9.09. The summed E-state index contributed by atoms with van der Waals surface area (Å²) in [5.74, 6) is 0.766. The molecule has 0 aliphatic carbocycles. The Morgan fingerprint density at radius 1 is 1.00 bits per heavy atom. The molecule has 0 fully saturated rings. The third-order valence-corrected chi connectivity index (χ3v) is 4.46. The minimum atomic E-state index is -0.516. The van der Waals surface area contributed by atoms with Crippen LogP contribution in [0, 0.1) is 17.0 Å². The predicted molar refractivity (Wildman–Crippen MR) is 115 cm³/mol. The summed E-state index contributed by atoms with van der Waals surface area (Å²) in [6.07, 6.45) is 1.27. The zero-order valence-electron chi connectivity index (χ0n) is 16.3. The number of anilines is 4. The van der Waals surface area contributed by atoms with Crippen LogP contribution in [0.15, 0.2) is 60.9 Å². The highest BCUT2D eigenvalue weighted by atomic mass is 16.6. The summed E-state index contributed by atoms with van der Waals surface area (Å²) in [5.41, 5.74) is 2.67. The molecule has 2 aromatic heterocycles. The number of aromatic nitrogens is 3. The minimum absolute atomic E-state index is 0.0694. The monoisotopic (exact) mass is 402 g/mol. The van der Waals surface area contributed by atoms with Gasteiger partial charge in [-0.1, -0.05) is 12.1 Å². The third kappa shape index (κ3) is 3.81. The van der Waals surface area contributed by atoms with Gasteiger partial charge in [0.15, 0.2) is 0 Å². The zero-order valence-corrected chi connectivity index (χ0v) is 16.3. The van der Waals surface area contributed by atoms with Crippen molar-refractivity contribution in [3.05, 3.63) is 76.7 Å². The molecule has 2 heterocycles. The first-order valence-corrected chi connectivity index (χ1v) is 9.09. The van der Waals surface area contributed by atoms with Crippen molar-refractivity contribution < 1.29 is 9.66 Å². The second kappa shape index (κ2) is 8.00. The van der Waals surface area contributed by atoms with Crippen LogP contribution in [0.5, 0.6) is 5.75 Å². The van der Waals surface area contributed by atoms with Gasteiger partial charge in [-0.2, -0.15) is 0 Å². The average molecular weight is 402 g/mol. The quantitative estimate of drug-likeness (QED) is 0.351. The van der Waals surface area contributed by atoms with Gasteiger partial charge in [-0.05, 0) is 43.3 Å². The van der Waals surface area contributed by atoms with E-state index in [1.54, 1.807) is 31.4 Å². The Kier molecular flexibility index (Phi) is 5.08. The molecule has 2 aromatic carbocycles. The van der Waals surface area contributed by atoms with E-state index in [1.165, 1.54) is 6.33 Å². The van der Waals surface area contributed by atoms with Crippen LogP contribution in [-0.4, -0.2) is 27.0 Å². The highest BCUT2D eigenvalue weighted by Crippen LogP contribution is 2.35. The Hall–Kier alpha value is -4.27. The molecule has 0 aliphatic heterocycles. The van der Waals surface area contributed by atoms with Crippen LogP contribution in [0.1, 0.15) is 5.69 Å². The van der Waals surface area contributed by atoms with E-state index in [4.69, 9.17) is 4.74 Å². The molecule has 4 aromatic rings. The number of nitro groups is 1. The number of pyridine rings is 1. The van der Waals surface area contributed by atoms with E-state index in [-0.39, 0.29) is 17.3 Å². The second-order valence-electron chi connectivity index (χ2n) is 6.48. The Balaban J connectivity index is 1.74. The van der Waals surface area contributed by atoms with E-state index in [0.29, 0.717) is 17.1 Å². The molecule has 0 saturated heterocycles. The molecule has 0 radical (unpaired) electrons. The normalized spacial score (nSPS) is 10.6. The van der Waals surface area contributed by atoms with Gasteiger partial charge in [-0.15, -0.1) is 0 Å². The van der Waals surface area contributed by atoms with E-state index in [0.717, 1.165) is 16.6 Å². The molecule has 30 heavy (non-hydrogen) atoms. The molecule has 9 nitrogen and oxygen atoms in total. The van der Waals surface area contributed by atoms with Crippen molar-refractivity contribution in [1.82, 2.24) is 15.0 Å². The molecule has 0 atom stereocenters. The first kappa shape index (κ1) is 19.1. The van der Waals surface area contributed by atoms with Gasteiger partial charge >= 0.3 is 5.69 Å². The van der Waals surface area contributed by atoms with Gasteiger partial charge in [-0.25, -0.2) is 9.97 Å². The van der Waals surface area contributed by atoms with Crippen molar-refractivity contribution in [2.75, 3.05) is 17.7 Å². The van der Waals surface area contributed by atoms with Gasteiger partial charge in [0.25, 0.3) is 0 Å². The van der Waals surface area contributed by atoms with Gasteiger partial charge in [0, 0.05) is 28.5 Å². The molecule has 4 rings (SSSR count). The maximum Gasteiger partial charge on any atom is 0.353 e. The highest BCUT2D eigenvalue weighted by molar-refractivity contribution is 5.94. The number of benzene rings is 2. The van der Waals surface area contributed by atoms with Gasteiger partial charge in [0.2, 0.25) is 11.6 Å². The standard InChI is InChI=1S/C21H18N6O3/c1-13-9-10-16-17(24-13)7-4-8-18(16)26-21-19(27(28)29)20(22-12-23-21)25-14-5-3-6-15(11-14)30-2/h3-12H,1-2H3,(H2,22,23,25,26). The fraction of sp³-hybridized carbons (Fsp3) is 0.0952. The molecule has 0 aliphatic rings. The SMILES string of the molecule is COc1cccc(Nc2ncnc(Nc3cccc4nc(C)ccc34)c2[N+](=O)[O-])c1. The number of hydrogen-bond donors (Lipinski definition) is 2.